The van der Waals surface area contributed by atoms with Gasteiger partial charge in [0.1, 0.15) is 23.0 Å². The Morgan fingerprint density at radius 1 is 1.30 bits per heavy atom. The van der Waals surface area contributed by atoms with Gasteiger partial charge in [-0.3, -0.25) is 4.98 Å². The van der Waals surface area contributed by atoms with Crippen LogP contribution in [0.25, 0.3) is 21.3 Å². The van der Waals surface area contributed by atoms with E-state index >= 15 is 0 Å². The van der Waals surface area contributed by atoms with Crippen LogP contribution in [0.1, 0.15) is 25.5 Å². The van der Waals surface area contributed by atoms with Crippen LogP contribution in [0.15, 0.2) is 35.9 Å². The summed E-state index contributed by atoms with van der Waals surface area (Å²) >= 11 is 1.51. The molecule has 0 N–H and O–H groups in total. The summed E-state index contributed by atoms with van der Waals surface area (Å²) in [6.45, 7) is 3.44. The van der Waals surface area contributed by atoms with Crippen molar-refractivity contribution >= 4 is 22.9 Å². The molecule has 0 amide bonds. The summed E-state index contributed by atoms with van der Waals surface area (Å²) in [7, 11) is 1.98. The largest absolute Gasteiger partial charge is 0.396 e. The van der Waals surface area contributed by atoms with Gasteiger partial charge in [-0.05, 0) is 18.6 Å². The average Bonchev–Trinajstić information content (AvgIpc) is 3.21. The lowest BCUT2D eigenvalue weighted by Gasteiger charge is -2.25. The second kappa shape index (κ2) is 7.75. The summed E-state index contributed by atoms with van der Waals surface area (Å²) in [6.07, 6.45) is 6.98. The van der Waals surface area contributed by atoms with Crippen LogP contribution < -0.4 is 4.90 Å². The molecule has 138 valence electrons. The first-order valence-electron chi connectivity index (χ1n) is 8.78. The van der Waals surface area contributed by atoms with Gasteiger partial charge in [-0.1, -0.05) is 12.1 Å². The zero-order valence-corrected chi connectivity index (χ0v) is 16.0. The van der Waals surface area contributed by atoms with E-state index in [2.05, 4.69) is 25.3 Å². The van der Waals surface area contributed by atoms with Gasteiger partial charge in [0.05, 0.1) is 4.88 Å². The summed E-state index contributed by atoms with van der Waals surface area (Å²) in [6, 6.07) is 3.87. The Labute approximate surface area is 161 Å². The third-order valence-corrected chi connectivity index (χ3v) is 5.13. The molecule has 9 heteroatoms. The first-order chi connectivity index (χ1) is 13.3. The molecule has 0 saturated carbocycles. The summed E-state index contributed by atoms with van der Waals surface area (Å²) in [4.78, 5) is 21.6. The van der Waals surface area contributed by atoms with Gasteiger partial charge in [0, 0.05) is 44.2 Å². The van der Waals surface area contributed by atoms with Crippen LogP contribution in [0.3, 0.4) is 0 Å². The van der Waals surface area contributed by atoms with Crippen molar-refractivity contribution in [3.63, 3.8) is 0 Å². The molecule has 1 aliphatic heterocycles. The molecule has 0 unspecified atom stereocenters. The Morgan fingerprint density at radius 2 is 2.22 bits per heavy atom. The molecule has 0 aromatic carbocycles. The van der Waals surface area contributed by atoms with Crippen molar-refractivity contribution in [2.24, 2.45) is 5.16 Å². The molecule has 3 aromatic rings. The summed E-state index contributed by atoms with van der Waals surface area (Å²) < 4.78 is 0. The normalized spacial score (nSPS) is 15.0. The van der Waals surface area contributed by atoms with E-state index in [1.54, 1.807) is 18.6 Å². The zero-order chi connectivity index (χ0) is 18.6. The SMILES string of the molecule is CCCON=C1CCN(C)c2nnc(-c3cnc(-c4cccnc4)s3)nc21. The maximum atomic E-state index is 5.39. The minimum Gasteiger partial charge on any atom is -0.396 e. The number of nitrogens with zero attached hydrogens (tertiary/aromatic N) is 7. The number of hydrogen-bond acceptors (Lipinski definition) is 9. The molecule has 0 fully saturated rings. The van der Waals surface area contributed by atoms with Crippen LogP contribution in [0.2, 0.25) is 0 Å². The van der Waals surface area contributed by atoms with Crippen molar-refractivity contribution in [3.05, 3.63) is 36.4 Å². The molecular formula is C18H19N7OS. The first-order valence-corrected chi connectivity index (χ1v) is 9.59. The number of thiazole rings is 1. The lowest BCUT2D eigenvalue weighted by molar-refractivity contribution is 0.144. The Bertz CT molecular complexity index is 957. The lowest BCUT2D eigenvalue weighted by atomic mass is 10.1. The maximum absolute atomic E-state index is 5.39. The third-order valence-electron chi connectivity index (χ3n) is 4.09. The molecule has 0 spiro atoms. The van der Waals surface area contributed by atoms with Gasteiger partial charge in [0.2, 0.25) is 0 Å². The molecule has 27 heavy (non-hydrogen) atoms. The third kappa shape index (κ3) is 3.63. The first kappa shape index (κ1) is 17.5. The quantitative estimate of drug-likeness (QED) is 0.496. The predicted molar refractivity (Wildman–Crippen MR) is 105 cm³/mol. The highest BCUT2D eigenvalue weighted by Crippen LogP contribution is 2.31. The van der Waals surface area contributed by atoms with E-state index in [4.69, 9.17) is 9.82 Å². The Hall–Kier alpha value is -2.94. The monoisotopic (exact) mass is 381 g/mol. The minimum absolute atomic E-state index is 0.542. The molecule has 0 radical (unpaired) electrons. The van der Waals surface area contributed by atoms with Crippen LogP contribution in [0.5, 0.6) is 0 Å². The molecule has 0 aliphatic carbocycles. The molecule has 3 aromatic heterocycles. The van der Waals surface area contributed by atoms with Crippen LogP contribution in [-0.4, -0.2) is 51.1 Å². The number of anilines is 1. The molecule has 8 nitrogen and oxygen atoms in total. The van der Waals surface area contributed by atoms with Gasteiger partial charge in [0.25, 0.3) is 0 Å². The van der Waals surface area contributed by atoms with E-state index in [1.807, 2.05) is 31.0 Å². The van der Waals surface area contributed by atoms with Crippen LogP contribution in [-0.2, 0) is 4.84 Å². The average molecular weight is 381 g/mol. The molecule has 1 aliphatic rings. The molecule has 4 heterocycles. The minimum atomic E-state index is 0.542. The fourth-order valence-electron chi connectivity index (χ4n) is 2.68. The second-order valence-corrected chi connectivity index (χ2v) is 7.15. The standard InChI is InChI=1S/C18H19N7OS/c1-3-9-26-24-13-6-8-25(2)17-15(13)21-16(22-23-17)14-11-20-18(27-14)12-5-4-7-19-10-12/h4-5,7,10-11H,3,6,8-9H2,1-2H3. The van der Waals surface area contributed by atoms with Gasteiger partial charge >= 0.3 is 0 Å². The van der Waals surface area contributed by atoms with E-state index in [9.17, 15) is 0 Å². The lowest BCUT2D eigenvalue weighted by Crippen LogP contribution is -2.31. The van der Waals surface area contributed by atoms with Gasteiger partial charge in [0.15, 0.2) is 11.6 Å². The van der Waals surface area contributed by atoms with Crippen molar-refractivity contribution in [3.8, 4) is 21.3 Å². The second-order valence-electron chi connectivity index (χ2n) is 6.12. The van der Waals surface area contributed by atoms with Gasteiger partial charge in [-0.2, -0.15) is 0 Å². The highest BCUT2D eigenvalue weighted by atomic mass is 32.1. The van der Waals surface area contributed by atoms with Crippen molar-refractivity contribution in [2.45, 2.75) is 19.8 Å². The Balaban J connectivity index is 1.68. The summed E-state index contributed by atoms with van der Waals surface area (Å²) in [5.41, 5.74) is 2.50. The van der Waals surface area contributed by atoms with Crippen molar-refractivity contribution < 1.29 is 4.84 Å². The summed E-state index contributed by atoms with van der Waals surface area (Å²) in [5.74, 6) is 1.26. The number of aromatic nitrogens is 5. The van der Waals surface area contributed by atoms with Crippen LogP contribution in [0, 0.1) is 0 Å². The molecule has 0 atom stereocenters. The van der Waals surface area contributed by atoms with Crippen molar-refractivity contribution in [1.29, 1.82) is 0 Å². The van der Waals surface area contributed by atoms with Crippen molar-refractivity contribution in [1.82, 2.24) is 25.1 Å². The Kier molecular flexibility index (Phi) is 5.01. The smallest absolute Gasteiger partial charge is 0.194 e. The maximum Gasteiger partial charge on any atom is 0.194 e. The fourth-order valence-corrected chi connectivity index (χ4v) is 3.51. The number of fused-ring (bicyclic) bond motifs is 1. The van der Waals surface area contributed by atoms with Gasteiger partial charge in [-0.25, -0.2) is 9.97 Å². The highest BCUT2D eigenvalue weighted by Gasteiger charge is 2.25. The zero-order valence-electron chi connectivity index (χ0n) is 15.2. The number of oxime groups is 1. The van der Waals surface area contributed by atoms with Gasteiger partial charge in [-0.15, -0.1) is 21.5 Å². The van der Waals surface area contributed by atoms with Crippen molar-refractivity contribution in [2.75, 3.05) is 25.1 Å². The van der Waals surface area contributed by atoms with Crippen LogP contribution in [0.4, 0.5) is 5.82 Å². The Morgan fingerprint density at radius 3 is 3.04 bits per heavy atom. The molecular weight excluding hydrogens is 362 g/mol. The molecule has 4 rings (SSSR count). The number of pyridine rings is 1. The number of rotatable bonds is 5. The molecule has 0 saturated heterocycles. The van der Waals surface area contributed by atoms with E-state index in [1.165, 1.54) is 11.3 Å². The van der Waals surface area contributed by atoms with Gasteiger partial charge < -0.3 is 9.74 Å². The number of hydrogen-bond donors (Lipinski definition) is 0. The van der Waals surface area contributed by atoms with E-state index in [-0.39, 0.29) is 0 Å². The fraction of sp³-hybridized carbons (Fsp3) is 0.333. The van der Waals surface area contributed by atoms with E-state index < -0.39 is 0 Å². The molecule has 0 bridgehead atoms. The highest BCUT2D eigenvalue weighted by molar-refractivity contribution is 7.18. The topological polar surface area (TPSA) is 89.3 Å². The van der Waals surface area contributed by atoms with Crippen LogP contribution >= 0.6 is 11.3 Å². The van der Waals surface area contributed by atoms with E-state index in [0.717, 1.165) is 52.1 Å². The van der Waals surface area contributed by atoms with E-state index in [0.29, 0.717) is 12.4 Å². The summed E-state index contributed by atoms with van der Waals surface area (Å²) in [5, 5.41) is 13.8. The predicted octanol–water partition coefficient (Wildman–Crippen LogP) is 3.03.